The fourth-order valence-electron chi connectivity index (χ4n) is 3.58. The summed E-state index contributed by atoms with van der Waals surface area (Å²) in [5.41, 5.74) is 1.61. The van der Waals surface area contributed by atoms with Gasteiger partial charge in [-0.05, 0) is 30.9 Å². The molecule has 1 aliphatic rings. The van der Waals surface area contributed by atoms with Gasteiger partial charge in [0.2, 0.25) is 0 Å². The molecular weight excluding hydrogens is 330 g/mol. The molecule has 1 fully saturated rings. The number of ether oxygens (including phenoxy) is 1. The minimum Gasteiger partial charge on any atom is -0.479 e. The lowest BCUT2D eigenvalue weighted by molar-refractivity contribution is -0.148. The van der Waals surface area contributed by atoms with E-state index in [-0.39, 0.29) is 13.0 Å². The Bertz CT molecular complexity index is 790. The number of hydrogen-bond donors (Lipinski definition) is 1. The number of aliphatic carboxylic acids is 1. The first-order valence-electron chi connectivity index (χ1n) is 8.78. The predicted octanol–water partition coefficient (Wildman–Crippen LogP) is 3.79. The molecule has 2 aromatic carbocycles. The summed E-state index contributed by atoms with van der Waals surface area (Å²) in [5.74, 6) is -0.979. The zero-order valence-electron chi connectivity index (χ0n) is 14.9. The van der Waals surface area contributed by atoms with Crippen LogP contribution < -0.4 is 0 Å². The molecule has 26 heavy (non-hydrogen) atoms. The fraction of sp³-hybridized carbons (Fsp3) is 0.333. The van der Waals surface area contributed by atoms with E-state index in [9.17, 15) is 14.7 Å². The minimum atomic E-state index is -1.25. The van der Waals surface area contributed by atoms with E-state index in [0.29, 0.717) is 19.4 Å². The van der Waals surface area contributed by atoms with Crippen LogP contribution in [0.3, 0.4) is 0 Å². The first-order valence-corrected chi connectivity index (χ1v) is 8.78. The molecule has 5 heteroatoms. The van der Waals surface area contributed by atoms with Gasteiger partial charge in [0, 0.05) is 13.0 Å². The molecular formula is C21H23NO4. The lowest BCUT2D eigenvalue weighted by Crippen LogP contribution is -2.54. The Hall–Kier alpha value is -2.82. The van der Waals surface area contributed by atoms with Gasteiger partial charge >= 0.3 is 12.1 Å². The third-order valence-corrected chi connectivity index (χ3v) is 4.89. The van der Waals surface area contributed by atoms with Gasteiger partial charge in [0.1, 0.15) is 12.1 Å². The van der Waals surface area contributed by atoms with Crippen LogP contribution in [0.4, 0.5) is 4.79 Å². The van der Waals surface area contributed by atoms with E-state index in [1.165, 1.54) is 4.90 Å². The molecule has 0 saturated carbocycles. The largest absolute Gasteiger partial charge is 0.479 e. The van der Waals surface area contributed by atoms with Crippen molar-refractivity contribution in [3.05, 3.63) is 71.3 Å². The van der Waals surface area contributed by atoms with Crippen LogP contribution in [0.5, 0.6) is 0 Å². The molecule has 1 saturated heterocycles. The number of carbonyl (C=O) groups excluding carboxylic acids is 1. The zero-order valence-corrected chi connectivity index (χ0v) is 14.9. The summed E-state index contributed by atoms with van der Waals surface area (Å²) in [4.78, 5) is 26.2. The van der Waals surface area contributed by atoms with Gasteiger partial charge in [-0.1, -0.05) is 60.2 Å². The van der Waals surface area contributed by atoms with Crippen LogP contribution in [0.1, 0.15) is 29.5 Å². The third kappa shape index (κ3) is 3.72. The molecule has 0 spiro atoms. The minimum absolute atomic E-state index is 0.135. The highest BCUT2D eigenvalue weighted by molar-refractivity contribution is 5.85. The second-order valence-corrected chi connectivity index (χ2v) is 6.80. The van der Waals surface area contributed by atoms with Crippen LogP contribution in [-0.4, -0.2) is 34.2 Å². The lowest BCUT2D eigenvalue weighted by atomic mass is 9.88. The lowest BCUT2D eigenvalue weighted by Gasteiger charge is -2.34. The van der Waals surface area contributed by atoms with E-state index >= 15 is 0 Å². The molecule has 0 radical (unpaired) electrons. The van der Waals surface area contributed by atoms with E-state index in [0.717, 1.165) is 16.7 Å². The van der Waals surface area contributed by atoms with Crippen LogP contribution >= 0.6 is 0 Å². The van der Waals surface area contributed by atoms with Crippen molar-refractivity contribution in [1.29, 1.82) is 0 Å². The molecule has 5 nitrogen and oxygen atoms in total. The van der Waals surface area contributed by atoms with E-state index in [4.69, 9.17) is 4.74 Å². The van der Waals surface area contributed by atoms with Crippen molar-refractivity contribution in [1.82, 2.24) is 4.90 Å². The van der Waals surface area contributed by atoms with Gasteiger partial charge in [-0.2, -0.15) is 0 Å². The average Bonchev–Trinajstić information content (AvgIpc) is 3.05. The Morgan fingerprint density at radius 1 is 1.12 bits per heavy atom. The monoisotopic (exact) mass is 353 g/mol. The topological polar surface area (TPSA) is 66.8 Å². The Morgan fingerprint density at radius 2 is 1.85 bits per heavy atom. The molecule has 3 rings (SSSR count). The maximum absolute atomic E-state index is 12.6. The highest BCUT2D eigenvalue weighted by atomic mass is 16.6. The number of nitrogens with zero attached hydrogens (tertiary/aromatic N) is 1. The number of aryl methyl sites for hydroxylation is 1. The molecule has 0 aromatic heterocycles. The highest BCUT2D eigenvalue weighted by Crippen LogP contribution is 2.34. The predicted molar refractivity (Wildman–Crippen MR) is 97.8 cm³/mol. The summed E-state index contributed by atoms with van der Waals surface area (Å²) < 4.78 is 5.40. The quantitative estimate of drug-likeness (QED) is 0.888. The second-order valence-electron chi connectivity index (χ2n) is 6.80. The number of carbonyl (C=O) groups is 2. The van der Waals surface area contributed by atoms with Gasteiger partial charge in [-0.3, -0.25) is 4.90 Å². The van der Waals surface area contributed by atoms with Gasteiger partial charge in [0.05, 0.1) is 0 Å². The van der Waals surface area contributed by atoms with Crippen LogP contribution in [-0.2, 0) is 22.6 Å². The number of rotatable bonds is 5. The number of likely N-dealkylation sites (tertiary alicyclic amines) is 1. The summed E-state index contributed by atoms with van der Waals surface area (Å²) in [6, 6.07) is 17.1. The highest BCUT2D eigenvalue weighted by Gasteiger charge is 2.50. The Labute approximate surface area is 153 Å². The first-order chi connectivity index (χ1) is 12.5. The van der Waals surface area contributed by atoms with Gasteiger partial charge in [-0.15, -0.1) is 0 Å². The van der Waals surface area contributed by atoms with Gasteiger partial charge in [0.25, 0.3) is 0 Å². The Balaban J connectivity index is 1.77. The zero-order chi connectivity index (χ0) is 18.6. The molecule has 0 aliphatic carbocycles. The standard InChI is InChI=1S/C21H23NO4/c1-16-7-5-10-18(13-16)14-21(19(23)24)11-6-12-22(21)20(25)26-15-17-8-3-2-4-9-17/h2-5,7-10,13H,6,11-12,14-15H2,1H3,(H,23,24). The Morgan fingerprint density at radius 3 is 2.54 bits per heavy atom. The number of amides is 1. The molecule has 1 atom stereocenters. The van der Waals surface area contributed by atoms with Crippen LogP contribution in [0.15, 0.2) is 54.6 Å². The van der Waals surface area contributed by atoms with Crippen molar-refractivity contribution >= 4 is 12.1 Å². The molecule has 1 unspecified atom stereocenters. The molecule has 0 bridgehead atoms. The van der Waals surface area contributed by atoms with E-state index < -0.39 is 17.6 Å². The van der Waals surface area contributed by atoms with Crippen molar-refractivity contribution in [2.24, 2.45) is 0 Å². The van der Waals surface area contributed by atoms with E-state index in [1.54, 1.807) is 0 Å². The van der Waals surface area contributed by atoms with Gasteiger partial charge in [-0.25, -0.2) is 9.59 Å². The van der Waals surface area contributed by atoms with E-state index in [2.05, 4.69) is 0 Å². The van der Waals surface area contributed by atoms with Crippen LogP contribution in [0.25, 0.3) is 0 Å². The summed E-state index contributed by atoms with van der Waals surface area (Å²) in [6.45, 7) is 2.50. The van der Waals surface area contributed by atoms with Crippen molar-refractivity contribution in [3.8, 4) is 0 Å². The molecule has 1 amide bonds. The summed E-state index contributed by atoms with van der Waals surface area (Å²) in [7, 11) is 0. The first kappa shape index (κ1) is 18.0. The second kappa shape index (κ2) is 7.60. The SMILES string of the molecule is Cc1cccc(CC2(C(=O)O)CCCN2C(=O)OCc2ccccc2)c1. The number of carboxylic acid groups (broad SMARTS) is 1. The summed E-state index contributed by atoms with van der Waals surface area (Å²) >= 11 is 0. The maximum Gasteiger partial charge on any atom is 0.411 e. The Kier molecular flexibility index (Phi) is 5.26. The van der Waals surface area contributed by atoms with Crippen molar-refractivity contribution in [2.45, 2.75) is 38.3 Å². The summed E-state index contributed by atoms with van der Waals surface area (Å²) in [6.07, 6.45) is 0.793. The number of carboxylic acids is 1. The third-order valence-electron chi connectivity index (χ3n) is 4.89. The molecule has 136 valence electrons. The van der Waals surface area contributed by atoms with Gasteiger partial charge < -0.3 is 9.84 Å². The normalized spacial score (nSPS) is 19.3. The number of hydrogen-bond acceptors (Lipinski definition) is 3. The van der Waals surface area contributed by atoms with Crippen molar-refractivity contribution in [3.63, 3.8) is 0 Å². The van der Waals surface area contributed by atoms with Crippen molar-refractivity contribution in [2.75, 3.05) is 6.54 Å². The van der Waals surface area contributed by atoms with Crippen LogP contribution in [0.2, 0.25) is 0 Å². The molecule has 1 N–H and O–H groups in total. The number of benzene rings is 2. The fourth-order valence-corrected chi connectivity index (χ4v) is 3.58. The molecule has 1 heterocycles. The maximum atomic E-state index is 12.6. The molecule has 2 aromatic rings. The smallest absolute Gasteiger partial charge is 0.411 e. The summed E-state index contributed by atoms with van der Waals surface area (Å²) in [5, 5.41) is 9.95. The van der Waals surface area contributed by atoms with E-state index in [1.807, 2.05) is 61.5 Å². The average molecular weight is 353 g/mol. The van der Waals surface area contributed by atoms with Crippen LogP contribution in [0, 0.1) is 6.92 Å². The van der Waals surface area contributed by atoms with Crippen molar-refractivity contribution < 1.29 is 19.4 Å². The van der Waals surface area contributed by atoms with Gasteiger partial charge in [0.15, 0.2) is 0 Å². The molecule has 1 aliphatic heterocycles.